The predicted octanol–water partition coefficient (Wildman–Crippen LogP) is 3.65. The summed E-state index contributed by atoms with van der Waals surface area (Å²) in [6.07, 6.45) is 5.35. The third-order valence-electron chi connectivity index (χ3n) is 4.05. The second-order valence-corrected chi connectivity index (χ2v) is 6.91. The molecule has 1 N–H and O–H groups in total. The molecule has 8 heteroatoms. The van der Waals surface area contributed by atoms with Crippen LogP contribution in [0.2, 0.25) is 0 Å². The minimum absolute atomic E-state index is 0.292. The van der Waals surface area contributed by atoms with Crippen molar-refractivity contribution in [3.05, 3.63) is 70.6 Å². The van der Waals surface area contributed by atoms with Crippen molar-refractivity contribution in [2.24, 2.45) is 7.05 Å². The van der Waals surface area contributed by atoms with Crippen molar-refractivity contribution in [3.63, 3.8) is 0 Å². The molecule has 0 spiro atoms. The van der Waals surface area contributed by atoms with Crippen molar-refractivity contribution in [1.82, 2.24) is 19.6 Å². The first-order valence-corrected chi connectivity index (χ1v) is 8.81. The highest BCUT2D eigenvalue weighted by molar-refractivity contribution is 9.10. The number of nitriles is 1. The molecule has 0 aliphatic heterocycles. The molecule has 132 valence electrons. The second kappa shape index (κ2) is 6.70. The van der Waals surface area contributed by atoms with Gasteiger partial charge in [0.1, 0.15) is 5.69 Å². The number of carbonyl (C=O) groups is 1. The number of nitrogens with one attached hydrogen (secondary N) is 1. The number of fused-ring (bicyclic) bond motifs is 1. The van der Waals surface area contributed by atoms with Crippen LogP contribution in [0.5, 0.6) is 0 Å². The van der Waals surface area contributed by atoms with E-state index in [2.05, 4.69) is 31.4 Å². The van der Waals surface area contributed by atoms with Crippen molar-refractivity contribution in [1.29, 1.82) is 5.26 Å². The van der Waals surface area contributed by atoms with Gasteiger partial charge in [-0.2, -0.15) is 15.5 Å². The van der Waals surface area contributed by atoms with E-state index >= 15 is 0 Å². The Balaban J connectivity index is 1.67. The molecule has 1 amide bonds. The Hall–Kier alpha value is -3.44. The highest BCUT2D eigenvalue weighted by Crippen LogP contribution is 2.23. The number of amides is 1. The van der Waals surface area contributed by atoms with Crippen LogP contribution in [0.3, 0.4) is 0 Å². The van der Waals surface area contributed by atoms with Gasteiger partial charge in [-0.15, -0.1) is 0 Å². The van der Waals surface area contributed by atoms with Crippen LogP contribution in [0.25, 0.3) is 16.6 Å². The van der Waals surface area contributed by atoms with Crippen molar-refractivity contribution in [2.45, 2.75) is 0 Å². The van der Waals surface area contributed by atoms with Crippen LogP contribution in [-0.2, 0) is 7.05 Å². The second-order valence-electron chi connectivity index (χ2n) is 6.00. The number of aryl methyl sites for hydroxylation is 1. The summed E-state index contributed by atoms with van der Waals surface area (Å²) in [6, 6.07) is 12.5. The summed E-state index contributed by atoms with van der Waals surface area (Å²) in [5, 5.41) is 21.5. The third-order valence-corrected chi connectivity index (χ3v) is 4.51. The molecule has 4 aromatic rings. The topological polar surface area (TPSA) is 88.5 Å². The van der Waals surface area contributed by atoms with Gasteiger partial charge in [-0.1, -0.05) is 15.9 Å². The number of nitrogens with zero attached hydrogens (tertiary/aromatic N) is 5. The van der Waals surface area contributed by atoms with E-state index in [1.807, 2.05) is 37.5 Å². The van der Waals surface area contributed by atoms with Crippen LogP contribution in [-0.4, -0.2) is 25.5 Å². The summed E-state index contributed by atoms with van der Waals surface area (Å²) < 4.78 is 4.15. The van der Waals surface area contributed by atoms with E-state index < -0.39 is 0 Å². The quantitative estimate of drug-likeness (QED) is 0.547. The number of halogens is 1. The number of benzene rings is 2. The normalized spacial score (nSPS) is 10.7. The number of hydrogen-bond acceptors (Lipinski definition) is 4. The number of rotatable bonds is 3. The van der Waals surface area contributed by atoms with Gasteiger partial charge in [0.15, 0.2) is 0 Å². The molecular weight excluding hydrogens is 408 g/mol. The molecule has 0 unspecified atom stereocenters. The summed E-state index contributed by atoms with van der Waals surface area (Å²) in [5.41, 5.74) is 3.15. The van der Waals surface area contributed by atoms with Gasteiger partial charge < -0.3 is 5.32 Å². The minimum atomic E-state index is -0.292. The van der Waals surface area contributed by atoms with Crippen LogP contribution in [0, 0.1) is 11.3 Å². The highest BCUT2D eigenvalue weighted by atomic mass is 79.9. The fourth-order valence-corrected chi connectivity index (χ4v) is 3.30. The summed E-state index contributed by atoms with van der Waals surface area (Å²) in [7, 11) is 1.84. The lowest BCUT2D eigenvalue weighted by Crippen LogP contribution is -2.12. The highest BCUT2D eigenvalue weighted by Gasteiger charge is 2.11. The minimum Gasteiger partial charge on any atom is -0.322 e. The fourth-order valence-electron chi connectivity index (χ4n) is 2.81. The van der Waals surface area contributed by atoms with Gasteiger partial charge >= 0.3 is 0 Å². The molecule has 0 aliphatic rings. The van der Waals surface area contributed by atoms with E-state index in [-0.39, 0.29) is 5.91 Å². The van der Waals surface area contributed by atoms with Crippen molar-refractivity contribution < 1.29 is 4.79 Å². The fraction of sp³-hybridized carbons (Fsp3) is 0.0526. The van der Waals surface area contributed by atoms with Crippen LogP contribution in [0.4, 0.5) is 5.69 Å². The maximum absolute atomic E-state index is 12.6. The Kier molecular flexibility index (Phi) is 4.22. The molecule has 7 nitrogen and oxygen atoms in total. The standard InChI is InChI=1S/C19H13BrN6O/c1-25-11-17(10-22-25)26-18-7-16(3-2-13(18)9-23-26)24-19(27)14-4-12(8-21)5-15(20)6-14/h2-7,9-11H,1H3,(H,24,27). The summed E-state index contributed by atoms with van der Waals surface area (Å²) >= 11 is 3.32. The molecule has 0 atom stereocenters. The molecule has 0 fully saturated rings. The molecular formula is C19H13BrN6O. The molecule has 0 aliphatic carbocycles. The molecule has 2 aromatic heterocycles. The lowest BCUT2D eigenvalue weighted by atomic mass is 10.1. The van der Waals surface area contributed by atoms with Gasteiger partial charge in [0.05, 0.1) is 35.7 Å². The summed E-state index contributed by atoms with van der Waals surface area (Å²) in [5.74, 6) is -0.292. The lowest BCUT2D eigenvalue weighted by molar-refractivity contribution is 0.102. The largest absolute Gasteiger partial charge is 0.322 e. The first kappa shape index (κ1) is 17.0. The molecule has 27 heavy (non-hydrogen) atoms. The lowest BCUT2D eigenvalue weighted by Gasteiger charge is -2.07. The summed E-state index contributed by atoms with van der Waals surface area (Å²) in [4.78, 5) is 12.6. The SMILES string of the molecule is Cn1cc(-n2ncc3ccc(NC(=O)c4cc(Br)cc(C#N)c4)cc32)cn1. The number of anilines is 1. The summed E-state index contributed by atoms with van der Waals surface area (Å²) in [6.45, 7) is 0. The van der Waals surface area contributed by atoms with Crippen LogP contribution < -0.4 is 5.32 Å². The Morgan fingerprint density at radius 3 is 2.78 bits per heavy atom. The first-order chi connectivity index (χ1) is 13.0. The van der Waals surface area contributed by atoms with E-state index in [0.29, 0.717) is 21.3 Å². The average Bonchev–Trinajstić information content (AvgIpc) is 3.26. The zero-order chi connectivity index (χ0) is 19.0. The zero-order valence-electron chi connectivity index (χ0n) is 14.2. The molecule has 2 heterocycles. The monoisotopic (exact) mass is 420 g/mol. The Labute approximate surface area is 163 Å². The Bertz CT molecular complexity index is 1220. The van der Waals surface area contributed by atoms with E-state index in [1.54, 1.807) is 40.0 Å². The van der Waals surface area contributed by atoms with Gasteiger partial charge in [0.25, 0.3) is 5.91 Å². The predicted molar refractivity (Wildman–Crippen MR) is 105 cm³/mol. The van der Waals surface area contributed by atoms with Crippen LogP contribution in [0.1, 0.15) is 15.9 Å². The molecule has 2 aromatic carbocycles. The smallest absolute Gasteiger partial charge is 0.255 e. The Morgan fingerprint density at radius 2 is 2.04 bits per heavy atom. The van der Waals surface area contributed by atoms with Gasteiger partial charge in [0.2, 0.25) is 0 Å². The third kappa shape index (κ3) is 3.32. The maximum atomic E-state index is 12.6. The molecule has 4 rings (SSSR count). The zero-order valence-corrected chi connectivity index (χ0v) is 15.8. The van der Waals surface area contributed by atoms with E-state index in [9.17, 15) is 4.79 Å². The van der Waals surface area contributed by atoms with Crippen molar-refractivity contribution in [3.8, 4) is 11.8 Å². The average molecular weight is 421 g/mol. The number of aromatic nitrogens is 4. The van der Waals surface area contributed by atoms with Gasteiger partial charge in [-0.05, 0) is 36.4 Å². The molecule has 0 saturated carbocycles. The van der Waals surface area contributed by atoms with E-state index in [4.69, 9.17) is 5.26 Å². The van der Waals surface area contributed by atoms with Crippen molar-refractivity contribution >= 4 is 38.4 Å². The number of carbonyl (C=O) groups excluding carboxylic acids is 1. The first-order valence-electron chi connectivity index (χ1n) is 8.02. The number of hydrogen-bond donors (Lipinski definition) is 1. The van der Waals surface area contributed by atoms with Crippen molar-refractivity contribution in [2.75, 3.05) is 5.32 Å². The van der Waals surface area contributed by atoms with E-state index in [0.717, 1.165) is 16.6 Å². The van der Waals surface area contributed by atoms with E-state index in [1.165, 1.54) is 0 Å². The van der Waals surface area contributed by atoms with Gasteiger partial charge in [-0.25, -0.2) is 4.68 Å². The molecule has 0 saturated heterocycles. The Morgan fingerprint density at radius 1 is 1.19 bits per heavy atom. The van der Waals surface area contributed by atoms with Gasteiger partial charge in [-0.3, -0.25) is 9.48 Å². The maximum Gasteiger partial charge on any atom is 0.255 e. The van der Waals surface area contributed by atoms with Gasteiger partial charge in [0, 0.05) is 28.2 Å². The molecule has 0 radical (unpaired) electrons. The molecule has 0 bridgehead atoms. The van der Waals surface area contributed by atoms with Crippen LogP contribution >= 0.6 is 15.9 Å². The van der Waals surface area contributed by atoms with Crippen LogP contribution in [0.15, 0.2) is 59.5 Å².